The van der Waals surface area contributed by atoms with Gasteiger partial charge in [-0.2, -0.15) is 0 Å². The lowest BCUT2D eigenvalue weighted by Crippen LogP contribution is -2.57. The first-order valence-corrected chi connectivity index (χ1v) is 6.95. The lowest BCUT2D eigenvalue weighted by atomic mass is 9.90. The van der Waals surface area contributed by atoms with Gasteiger partial charge in [0.2, 0.25) is 5.91 Å². The molecule has 1 aromatic heterocycles. The molecule has 1 aliphatic rings. The summed E-state index contributed by atoms with van der Waals surface area (Å²) in [6, 6.07) is -0.0111. The van der Waals surface area contributed by atoms with E-state index in [1.165, 1.54) is 0 Å². The minimum Gasteiger partial charge on any atom is -0.346 e. The maximum Gasteiger partial charge on any atom is 0.240 e. The van der Waals surface area contributed by atoms with E-state index in [1.807, 2.05) is 19.2 Å². The summed E-state index contributed by atoms with van der Waals surface area (Å²) >= 11 is 1.57. The normalized spacial score (nSPS) is 26.5. The zero-order valence-corrected chi connectivity index (χ0v) is 11.1. The van der Waals surface area contributed by atoms with Crippen molar-refractivity contribution in [3.8, 4) is 0 Å². The second-order valence-electron chi connectivity index (χ2n) is 4.78. The fourth-order valence-corrected chi connectivity index (χ4v) is 2.76. The average Bonchev–Trinajstić information content (AvgIpc) is 2.83. The van der Waals surface area contributed by atoms with Crippen molar-refractivity contribution in [3.05, 3.63) is 16.6 Å². The van der Waals surface area contributed by atoms with E-state index in [0.717, 1.165) is 30.8 Å². The van der Waals surface area contributed by atoms with Crippen LogP contribution in [0.5, 0.6) is 0 Å². The van der Waals surface area contributed by atoms with Gasteiger partial charge in [-0.15, -0.1) is 11.3 Å². The Hall–Kier alpha value is -0.940. The van der Waals surface area contributed by atoms with E-state index in [9.17, 15) is 4.79 Å². The van der Waals surface area contributed by atoms with E-state index in [4.69, 9.17) is 0 Å². The number of amides is 1. The van der Waals surface area contributed by atoms with Gasteiger partial charge < -0.3 is 10.6 Å². The van der Waals surface area contributed by atoms with Crippen LogP contribution in [-0.2, 0) is 4.79 Å². The van der Waals surface area contributed by atoms with Crippen molar-refractivity contribution < 1.29 is 4.79 Å². The van der Waals surface area contributed by atoms with E-state index >= 15 is 0 Å². The topological polar surface area (TPSA) is 54.0 Å². The second kappa shape index (κ2) is 5.14. The molecule has 2 heterocycles. The Balaban J connectivity index is 1.96. The van der Waals surface area contributed by atoms with Crippen molar-refractivity contribution in [1.29, 1.82) is 0 Å². The summed E-state index contributed by atoms with van der Waals surface area (Å²) in [6.07, 6.45) is 4.94. The largest absolute Gasteiger partial charge is 0.346 e. The molecule has 1 fully saturated rings. The smallest absolute Gasteiger partial charge is 0.240 e. The SMILES string of the molecule is CC(NC(=O)C1(C)CCCCN1)c1nccs1. The fourth-order valence-electron chi connectivity index (χ4n) is 2.12. The van der Waals surface area contributed by atoms with Crippen molar-refractivity contribution in [2.75, 3.05) is 6.54 Å². The van der Waals surface area contributed by atoms with Gasteiger partial charge in [-0.3, -0.25) is 4.79 Å². The number of nitrogens with one attached hydrogen (secondary N) is 2. The van der Waals surface area contributed by atoms with Crippen LogP contribution in [0, 0.1) is 0 Å². The van der Waals surface area contributed by atoms with Gasteiger partial charge in [0.25, 0.3) is 0 Å². The van der Waals surface area contributed by atoms with Crippen molar-refractivity contribution in [3.63, 3.8) is 0 Å². The molecule has 0 spiro atoms. The minimum absolute atomic E-state index is 0.0111. The molecule has 0 bridgehead atoms. The van der Waals surface area contributed by atoms with Crippen LogP contribution in [0.2, 0.25) is 0 Å². The van der Waals surface area contributed by atoms with E-state index in [1.54, 1.807) is 17.5 Å². The van der Waals surface area contributed by atoms with Crippen LogP contribution >= 0.6 is 11.3 Å². The highest BCUT2D eigenvalue weighted by Gasteiger charge is 2.34. The summed E-state index contributed by atoms with van der Waals surface area (Å²) < 4.78 is 0. The Kier molecular flexibility index (Phi) is 3.79. The third-order valence-electron chi connectivity index (χ3n) is 3.29. The zero-order chi connectivity index (χ0) is 12.3. The second-order valence-corrected chi connectivity index (χ2v) is 5.71. The molecular weight excluding hydrogens is 234 g/mol. The van der Waals surface area contributed by atoms with Crippen LogP contribution in [0.25, 0.3) is 0 Å². The Morgan fingerprint density at radius 3 is 3.06 bits per heavy atom. The molecule has 0 radical (unpaired) electrons. The van der Waals surface area contributed by atoms with Crippen LogP contribution in [0.15, 0.2) is 11.6 Å². The molecule has 2 rings (SSSR count). The molecule has 2 unspecified atom stereocenters. The highest BCUT2D eigenvalue weighted by Crippen LogP contribution is 2.21. The van der Waals surface area contributed by atoms with Crippen LogP contribution in [0.1, 0.15) is 44.2 Å². The first kappa shape index (κ1) is 12.5. The predicted octanol–water partition coefficient (Wildman–Crippen LogP) is 1.85. The van der Waals surface area contributed by atoms with Crippen molar-refractivity contribution in [1.82, 2.24) is 15.6 Å². The van der Waals surface area contributed by atoms with Gasteiger partial charge in [0.1, 0.15) is 5.01 Å². The zero-order valence-electron chi connectivity index (χ0n) is 10.3. The van der Waals surface area contributed by atoms with E-state index < -0.39 is 5.54 Å². The quantitative estimate of drug-likeness (QED) is 0.864. The number of thiazole rings is 1. The molecule has 1 saturated heterocycles. The summed E-state index contributed by atoms with van der Waals surface area (Å²) in [5.41, 5.74) is -0.413. The molecule has 1 aromatic rings. The lowest BCUT2D eigenvalue weighted by Gasteiger charge is -2.34. The number of aromatic nitrogens is 1. The number of carbonyl (C=O) groups excluding carboxylic acids is 1. The highest BCUT2D eigenvalue weighted by atomic mass is 32.1. The van der Waals surface area contributed by atoms with Gasteiger partial charge in [0.05, 0.1) is 11.6 Å². The predicted molar refractivity (Wildman–Crippen MR) is 68.9 cm³/mol. The van der Waals surface area contributed by atoms with Crippen LogP contribution in [0.3, 0.4) is 0 Å². The molecule has 94 valence electrons. The molecule has 1 amide bonds. The van der Waals surface area contributed by atoms with Crippen LogP contribution in [0.4, 0.5) is 0 Å². The molecule has 17 heavy (non-hydrogen) atoms. The average molecular weight is 253 g/mol. The first-order chi connectivity index (χ1) is 8.12. The Bertz CT molecular complexity index is 371. The van der Waals surface area contributed by atoms with Gasteiger partial charge >= 0.3 is 0 Å². The molecular formula is C12H19N3OS. The van der Waals surface area contributed by atoms with Crippen molar-refractivity contribution in [2.24, 2.45) is 0 Å². The molecule has 4 nitrogen and oxygen atoms in total. The first-order valence-electron chi connectivity index (χ1n) is 6.07. The van der Waals surface area contributed by atoms with Crippen molar-refractivity contribution in [2.45, 2.75) is 44.7 Å². The summed E-state index contributed by atoms with van der Waals surface area (Å²) in [5.74, 6) is 0.0832. The molecule has 0 aromatic carbocycles. The fraction of sp³-hybridized carbons (Fsp3) is 0.667. The van der Waals surface area contributed by atoms with E-state index in [0.29, 0.717) is 0 Å². The van der Waals surface area contributed by atoms with E-state index in [2.05, 4.69) is 15.6 Å². The number of nitrogens with zero attached hydrogens (tertiary/aromatic N) is 1. The van der Waals surface area contributed by atoms with Gasteiger partial charge in [0.15, 0.2) is 0 Å². The molecule has 1 aliphatic heterocycles. The third kappa shape index (κ3) is 2.84. The van der Waals surface area contributed by atoms with Gasteiger partial charge in [-0.1, -0.05) is 0 Å². The number of rotatable bonds is 3. The Morgan fingerprint density at radius 2 is 2.47 bits per heavy atom. The van der Waals surface area contributed by atoms with Gasteiger partial charge in [-0.05, 0) is 39.7 Å². The molecule has 0 saturated carbocycles. The number of carbonyl (C=O) groups is 1. The molecule has 2 N–H and O–H groups in total. The summed E-state index contributed by atoms with van der Waals surface area (Å²) in [6.45, 7) is 4.88. The third-order valence-corrected chi connectivity index (χ3v) is 4.25. The van der Waals surface area contributed by atoms with Crippen LogP contribution < -0.4 is 10.6 Å². The number of piperidine rings is 1. The Labute approximate surface area is 106 Å². The van der Waals surface area contributed by atoms with Gasteiger partial charge in [-0.25, -0.2) is 4.98 Å². The number of hydrogen-bond acceptors (Lipinski definition) is 4. The maximum atomic E-state index is 12.2. The van der Waals surface area contributed by atoms with Gasteiger partial charge in [0, 0.05) is 11.6 Å². The summed E-state index contributed by atoms with van der Waals surface area (Å²) in [4.78, 5) is 16.4. The summed E-state index contributed by atoms with van der Waals surface area (Å²) in [5, 5.41) is 9.24. The molecule has 0 aliphatic carbocycles. The standard InChI is InChI=1S/C12H19N3OS/c1-9(10-13-7-8-17-10)15-11(16)12(2)5-3-4-6-14-12/h7-9,14H,3-6H2,1-2H3,(H,15,16). The maximum absolute atomic E-state index is 12.2. The molecule has 2 atom stereocenters. The monoisotopic (exact) mass is 253 g/mol. The minimum atomic E-state index is -0.413. The lowest BCUT2D eigenvalue weighted by molar-refractivity contribution is -0.128. The van der Waals surface area contributed by atoms with E-state index in [-0.39, 0.29) is 11.9 Å². The highest BCUT2D eigenvalue weighted by molar-refractivity contribution is 7.09. The number of hydrogen-bond donors (Lipinski definition) is 2. The van der Waals surface area contributed by atoms with Crippen molar-refractivity contribution >= 4 is 17.2 Å². The molecule has 5 heteroatoms. The summed E-state index contributed by atoms with van der Waals surface area (Å²) in [7, 11) is 0. The Morgan fingerprint density at radius 1 is 1.65 bits per heavy atom. The van der Waals surface area contributed by atoms with Crippen LogP contribution in [-0.4, -0.2) is 23.0 Å².